The first kappa shape index (κ1) is 15.4. The van der Waals surface area contributed by atoms with E-state index in [0.717, 1.165) is 0 Å². The molecule has 0 aliphatic carbocycles. The van der Waals surface area contributed by atoms with Gasteiger partial charge in [-0.15, -0.1) is 0 Å². The van der Waals surface area contributed by atoms with Crippen LogP contribution < -0.4 is 5.32 Å². The number of carbonyl (C=O) groups excluding carboxylic acids is 2. The van der Waals surface area contributed by atoms with Crippen LogP contribution in [0.2, 0.25) is 0 Å². The van der Waals surface area contributed by atoms with Gasteiger partial charge in [-0.05, 0) is 7.05 Å². The van der Waals surface area contributed by atoms with E-state index in [-0.39, 0.29) is 30.6 Å². The molecule has 1 fully saturated rings. The van der Waals surface area contributed by atoms with Gasteiger partial charge in [0.25, 0.3) is 0 Å². The Labute approximate surface area is 112 Å². The highest BCUT2D eigenvalue weighted by Crippen LogP contribution is 2.10. The summed E-state index contributed by atoms with van der Waals surface area (Å²) >= 11 is 0. The number of carboxylic acid groups (broad SMARTS) is 1. The van der Waals surface area contributed by atoms with Gasteiger partial charge in [0.2, 0.25) is 11.8 Å². The number of rotatable bonds is 4. The second-order valence-corrected chi connectivity index (χ2v) is 4.81. The zero-order valence-electron chi connectivity index (χ0n) is 11.4. The van der Waals surface area contributed by atoms with Crippen LogP contribution in [0.15, 0.2) is 0 Å². The van der Waals surface area contributed by atoms with Crippen LogP contribution in [-0.4, -0.2) is 73.0 Å². The maximum atomic E-state index is 11.9. The van der Waals surface area contributed by atoms with E-state index in [1.54, 1.807) is 11.9 Å². The van der Waals surface area contributed by atoms with Crippen molar-refractivity contribution in [1.82, 2.24) is 15.1 Å². The van der Waals surface area contributed by atoms with Crippen molar-refractivity contribution < 1.29 is 19.5 Å². The summed E-state index contributed by atoms with van der Waals surface area (Å²) in [6, 6.07) is 0. The van der Waals surface area contributed by atoms with Crippen LogP contribution in [0, 0.1) is 5.92 Å². The Balaban J connectivity index is 2.64. The minimum absolute atomic E-state index is 0.0144. The average molecular weight is 271 g/mol. The maximum absolute atomic E-state index is 11.9. The molecule has 0 spiro atoms. The number of carboxylic acids is 1. The molecule has 1 aliphatic heterocycles. The minimum Gasteiger partial charge on any atom is -0.481 e. The standard InChI is InChI=1S/C12H21N3O4/c1-13-12(19)9-7-14(2)5-6-15(8-9)10(16)3-4-11(17)18/h9H,3-8H2,1-2H3,(H,13,19)(H,17,18)/t9-/m1/s1. The van der Waals surface area contributed by atoms with E-state index in [9.17, 15) is 14.4 Å². The third-order valence-electron chi connectivity index (χ3n) is 3.25. The lowest BCUT2D eigenvalue weighted by molar-refractivity contribution is -0.141. The lowest BCUT2D eigenvalue weighted by Gasteiger charge is -2.23. The highest BCUT2D eigenvalue weighted by Gasteiger charge is 2.28. The van der Waals surface area contributed by atoms with Gasteiger partial charge in [0.15, 0.2) is 0 Å². The molecular weight excluding hydrogens is 250 g/mol. The van der Waals surface area contributed by atoms with Crippen molar-refractivity contribution in [3.05, 3.63) is 0 Å². The number of aliphatic carboxylic acids is 1. The molecule has 1 rings (SSSR count). The highest BCUT2D eigenvalue weighted by atomic mass is 16.4. The van der Waals surface area contributed by atoms with Gasteiger partial charge in [-0.3, -0.25) is 14.4 Å². The molecule has 19 heavy (non-hydrogen) atoms. The molecule has 0 bridgehead atoms. The summed E-state index contributed by atoms with van der Waals surface area (Å²) in [6.07, 6.45) is -0.185. The molecule has 1 saturated heterocycles. The summed E-state index contributed by atoms with van der Waals surface area (Å²) in [6.45, 7) is 2.17. The van der Waals surface area contributed by atoms with Crippen molar-refractivity contribution in [2.45, 2.75) is 12.8 Å². The first-order valence-electron chi connectivity index (χ1n) is 6.33. The second kappa shape index (κ2) is 7.08. The van der Waals surface area contributed by atoms with Crippen LogP contribution in [0.3, 0.4) is 0 Å². The van der Waals surface area contributed by atoms with Crippen LogP contribution in [0.4, 0.5) is 0 Å². The normalized spacial score (nSPS) is 20.7. The molecule has 7 nitrogen and oxygen atoms in total. The van der Waals surface area contributed by atoms with Crippen molar-refractivity contribution in [2.75, 3.05) is 40.3 Å². The quantitative estimate of drug-likeness (QED) is 0.683. The summed E-state index contributed by atoms with van der Waals surface area (Å²) in [5, 5.41) is 11.2. The Bertz CT molecular complexity index is 359. The molecular formula is C12H21N3O4. The summed E-state index contributed by atoms with van der Waals surface area (Å²) in [4.78, 5) is 37.7. The van der Waals surface area contributed by atoms with Crippen LogP contribution in [0.25, 0.3) is 0 Å². The van der Waals surface area contributed by atoms with Gasteiger partial charge < -0.3 is 20.2 Å². The van der Waals surface area contributed by atoms with Crippen molar-refractivity contribution in [3.63, 3.8) is 0 Å². The largest absolute Gasteiger partial charge is 0.481 e. The Morgan fingerprint density at radius 3 is 2.47 bits per heavy atom. The SMILES string of the molecule is CNC(=O)[C@@H]1CN(C)CCN(C(=O)CCC(=O)O)C1. The van der Waals surface area contributed by atoms with Gasteiger partial charge in [0, 0.05) is 39.6 Å². The van der Waals surface area contributed by atoms with E-state index in [1.807, 2.05) is 11.9 Å². The van der Waals surface area contributed by atoms with Crippen molar-refractivity contribution in [2.24, 2.45) is 5.92 Å². The molecule has 0 aromatic heterocycles. The Morgan fingerprint density at radius 2 is 1.89 bits per heavy atom. The first-order chi connectivity index (χ1) is 8.93. The molecule has 1 atom stereocenters. The highest BCUT2D eigenvalue weighted by molar-refractivity contribution is 5.82. The Kier molecular flexibility index (Phi) is 5.75. The fraction of sp³-hybridized carbons (Fsp3) is 0.750. The van der Waals surface area contributed by atoms with Gasteiger partial charge in [-0.1, -0.05) is 0 Å². The number of amides is 2. The number of likely N-dealkylation sites (N-methyl/N-ethyl adjacent to an activating group) is 1. The molecule has 0 saturated carbocycles. The van der Waals surface area contributed by atoms with Crippen LogP contribution >= 0.6 is 0 Å². The topological polar surface area (TPSA) is 90.0 Å². The van der Waals surface area contributed by atoms with E-state index >= 15 is 0 Å². The Hall–Kier alpha value is -1.63. The summed E-state index contributed by atoms with van der Waals surface area (Å²) < 4.78 is 0. The smallest absolute Gasteiger partial charge is 0.303 e. The fourth-order valence-corrected chi connectivity index (χ4v) is 2.14. The van der Waals surface area contributed by atoms with Crippen molar-refractivity contribution >= 4 is 17.8 Å². The number of carbonyl (C=O) groups is 3. The summed E-state index contributed by atoms with van der Waals surface area (Å²) in [5.41, 5.74) is 0. The predicted octanol–water partition coefficient (Wildman–Crippen LogP) is -1.01. The summed E-state index contributed by atoms with van der Waals surface area (Å²) in [5.74, 6) is -1.55. The van der Waals surface area contributed by atoms with Gasteiger partial charge in [0.05, 0.1) is 12.3 Å². The average Bonchev–Trinajstić information content (AvgIpc) is 2.57. The zero-order valence-corrected chi connectivity index (χ0v) is 11.4. The van der Waals surface area contributed by atoms with Crippen LogP contribution in [-0.2, 0) is 14.4 Å². The second-order valence-electron chi connectivity index (χ2n) is 4.81. The lowest BCUT2D eigenvalue weighted by atomic mass is 10.1. The van der Waals surface area contributed by atoms with Gasteiger partial charge >= 0.3 is 5.97 Å². The van der Waals surface area contributed by atoms with E-state index in [0.29, 0.717) is 26.2 Å². The number of hydrogen-bond donors (Lipinski definition) is 2. The zero-order chi connectivity index (χ0) is 14.4. The Morgan fingerprint density at radius 1 is 1.21 bits per heavy atom. The van der Waals surface area contributed by atoms with Crippen LogP contribution in [0.1, 0.15) is 12.8 Å². The van der Waals surface area contributed by atoms with E-state index < -0.39 is 5.97 Å². The summed E-state index contributed by atoms with van der Waals surface area (Å²) in [7, 11) is 3.48. The molecule has 7 heteroatoms. The molecule has 2 amide bonds. The molecule has 0 radical (unpaired) electrons. The third-order valence-corrected chi connectivity index (χ3v) is 3.25. The van der Waals surface area contributed by atoms with Gasteiger partial charge in [-0.25, -0.2) is 0 Å². The van der Waals surface area contributed by atoms with Crippen molar-refractivity contribution in [3.8, 4) is 0 Å². The number of nitrogens with zero attached hydrogens (tertiary/aromatic N) is 2. The molecule has 1 aliphatic rings. The van der Waals surface area contributed by atoms with E-state index in [2.05, 4.69) is 5.32 Å². The first-order valence-corrected chi connectivity index (χ1v) is 6.33. The molecule has 0 aromatic rings. The van der Waals surface area contributed by atoms with Gasteiger partial charge in [0.1, 0.15) is 0 Å². The molecule has 0 unspecified atom stereocenters. The van der Waals surface area contributed by atoms with E-state index in [1.165, 1.54) is 0 Å². The number of nitrogens with one attached hydrogen (secondary N) is 1. The van der Waals surface area contributed by atoms with Crippen molar-refractivity contribution in [1.29, 1.82) is 0 Å². The lowest BCUT2D eigenvalue weighted by Crippen LogP contribution is -2.41. The molecule has 2 N–H and O–H groups in total. The molecule has 0 aromatic carbocycles. The van der Waals surface area contributed by atoms with Crippen LogP contribution in [0.5, 0.6) is 0 Å². The maximum Gasteiger partial charge on any atom is 0.303 e. The molecule has 108 valence electrons. The number of hydrogen-bond acceptors (Lipinski definition) is 4. The predicted molar refractivity (Wildman–Crippen MR) is 68.5 cm³/mol. The minimum atomic E-state index is -0.983. The fourth-order valence-electron chi connectivity index (χ4n) is 2.14. The van der Waals surface area contributed by atoms with Gasteiger partial charge in [-0.2, -0.15) is 0 Å². The van der Waals surface area contributed by atoms with E-state index in [4.69, 9.17) is 5.11 Å². The molecule has 1 heterocycles. The third kappa shape index (κ3) is 4.86. The monoisotopic (exact) mass is 271 g/mol.